The number of rotatable bonds is 4. The third-order valence-corrected chi connectivity index (χ3v) is 5.72. The van der Waals surface area contributed by atoms with Gasteiger partial charge in [-0.3, -0.25) is 14.4 Å². The summed E-state index contributed by atoms with van der Waals surface area (Å²) in [6.45, 7) is 3.84. The highest BCUT2D eigenvalue weighted by molar-refractivity contribution is 6.38. The number of aromatic amines is 1. The molecule has 0 bridgehead atoms. The lowest BCUT2D eigenvalue weighted by atomic mass is 10.0. The average Bonchev–Trinajstić information content (AvgIpc) is 2.96. The first kappa shape index (κ1) is 20.3. The largest absolute Gasteiger partial charge is 0.268 e. The number of benzene rings is 2. The summed E-state index contributed by atoms with van der Waals surface area (Å²) in [6.07, 6.45) is 0.288. The Hall–Kier alpha value is -2.96. The van der Waals surface area contributed by atoms with Gasteiger partial charge in [-0.15, -0.1) is 0 Å². The Morgan fingerprint density at radius 1 is 0.967 bits per heavy atom. The van der Waals surface area contributed by atoms with Crippen LogP contribution in [0.5, 0.6) is 0 Å². The summed E-state index contributed by atoms with van der Waals surface area (Å²) in [5.41, 5.74) is 2.58. The Kier molecular flexibility index (Phi) is 5.22. The molecule has 1 aliphatic heterocycles. The van der Waals surface area contributed by atoms with Crippen molar-refractivity contribution in [2.24, 2.45) is 0 Å². The van der Waals surface area contributed by atoms with E-state index in [2.05, 4.69) is 10.2 Å². The van der Waals surface area contributed by atoms with Gasteiger partial charge >= 0.3 is 0 Å². The molecule has 0 radical (unpaired) electrons. The fourth-order valence-electron chi connectivity index (χ4n) is 3.48. The van der Waals surface area contributed by atoms with Crippen molar-refractivity contribution in [1.29, 1.82) is 0 Å². The van der Waals surface area contributed by atoms with Crippen molar-refractivity contribution in [2.45, 2.75) is 26.2 Å². The lowest BCUT2D eigenvalue weighted by molar-refractivity contribution is 0.0926. The van der Waals surface area contributed by atoms with Crippen molar-refractivity contribution < 1.29 is 9.59 Å². The smallest absolute Gasteiger partial charge is 0.267 e. The van der Waals surface area contributed by atoms with Crippen molar-refractivity contribution >= 4 is 40.7 Å². The molecule has 6 nitrogen and oxygen atoms in total. The summed E-state index contributed by atoms with van der Waals surface area (Å²) in [6, 6.07) is 11.5. The van der Waals surface area contributed by atoms with Crippen LogP contribution in [0.1, 0.15) is 57.3 Å². The van der Waals surface area contributed by atoms with Gasteiger partial charge in [-0.2, -0.15) is 5.10 Å². The molecule has 2 aromatic carbocycles. The maximum absolute atomic E-state index is 12.7. The summed E-state index contributed by atoms with van der Waals surface area (Å²) >= 11 is 12.9. The Morgan fingerprint density at radius 3 is 2.07 bits per heavy atom. The van der Waals surface area contributed by atoms with Gasteiger partial charge in [-0.25, -0.2) is 10.00 Å². The number of nitrogens with zero attached hydrogens (tertiary/aromatic N) is 2. The number of hydrogen-bond donors (Lipinski definition) is 1. The molecule has 0 aliphatic carbocycles. The predicted octanol–water partition coefficient (Wildman–Crippen LogP) is 4.59. The molecule has 2 amide bonds. The zero-order chi connectivity index (χ0) is 21.6. The number of aromatic nitrogens is 2. The van der Waals surface area contributed by atoms with Gasteiger partial charge in [0, 0.05) is 22.0 Å². The first-order valence-corrected chi connectivity index (χ1v) is 10.1. The monoisotopic (exact) mass is 441 g/mol. The summed E-state index contributed by atoms with van der Waals surface area (Å²) in [7, 11) is 0. The third kappa shape index (κ3) is 3.42. The van der Waals surface area contributed by atoms with Gasteiger partial charge in [0.05, 0.1) is 22.5 Å². The van der Waals surface area contributed by atoms with E-state index in [0.29, 0.717) is 43.7 Å². The van der Waals surface area contributed by atoms with Crippen LogP contribution in [-0.4, -0.2) is 22.0 Å². The first-order valence-electron chi connectivity index (χ1n) is 9.32. The summed E-state index contributed by atoms with van der Waals surface area (Å²) < 4.78 is 0. The molecule has 1 aromatic heterocycles. The number of imide groups is 1. The molecule has 4 rings (SSSR count). The van der Waals surface area contributed by atoms with Crippen molar-refractivity contribution in [2.75, 3.05) is 4.90 Å². The minimum absolute atomic E-state index is 0.0395. The zero-order valence-electron chi connectivity index (χ0n) is 16.2. The lowest BCUT2D eigenvalue weighted by Gasteiger charge is -2.17. The second kappa shape index (κ2) is 7.70. The third-order valence-electron chi connectivity index (χ3n) is 5.04. The fraction of sp³-hybridized carbons (Fsp3) is 0.182. The van der Waals surface area contributed by atoms with Crippen LogP contribution >= 0.6 is 23.2 Å². The molecule has 0 spiro atoms. The van der Waals surface area contributed by atoms with E-state index in [1.165, 1.54) is 0 Å². The van der Waals surface area contributed by atoms with Crippen LogP contribution in [0.4, 0.5) is 5.69 Å². The molecular weight excluding hydrogens is 425 g/mol. The second-order valence-corrected chi connectivity index (χ2v) is 8.17. The Balaban J connectivity index is 1.69. The molecule has 0 saturated heterocycles. The second-order valence-electron chi connectivity index (χ2n) is 7.35. The van der Waals surface area contributed by atoms with Crippen molar-refractivity contribution in [3.8, 4) is 0 Å². The Bertz CT molecular complexity index is 1190. The zero-order valence-corrected chi connectivity index (χ0v) is 17.7. The van der Waals surface area contributed by atoms with Gasteiger partial charge in [0.15, 0.2) is 0 Å². The van der Waals surface area contributed by atoms with E-state index in [0.717, 1.165) is 4.90 Å². The molecular formula is C22H17Cl2N3O3. The van der Waals surface area contributed by atoms with Crippen LogP contribution in [0.15, 0.2) is 47.3 Å². The highest BCUT2D eigenvalue weighted by Gasteiger charge is 2.36. The molecule has 2 heterocycles. The van der Waals surface area contributed by atoms with Crippen molar-refractivity contribution in [3.63, 3.8) is 0 Å². The van der Waals surface area contributed by atoms with E-state index >= 15 is 0 Å². The lowest BCUT2D eigenvalue weighted by Crippen LogP contribution is -2.29. The van der Waals surface area contributed by atoms with Crippen LogP contribution in [0.25, 0.3) is 0 Å². The number of amides is 2. The fourth-order valence-corrected chi connectivity index (χ4v) is 4.09. The average molecular weight is 442 g/mol. The molecule has 0 fully saturated rings. The van der Waals surface area contributed by atoms with Crippen molar-refractivity contribution in [1.82, 2.24) is 10.2 Å². The highest BCUT2D eigenvalue weighted by Crippen LogP contribution is 2.35. The molecule has 152 valence electrons. The van der Waals surface area contributed by atoms with E-state index in [1.807, 2.05) is 13.8 Å². The molecule has 1 N–H and O–H groups in total. The molecule has 8 heteroatoms. The van der Waals surface area contributed by atoms with Crippen LogP contribution in [0, 0.1) is 0 Å². The number of halogens is 2. The van der Waals surface area contributed by atoms with Gasteiger partial charge in [0.1, 0.15) is 0 Å². The molecule has 1 aliphatic rings. The van der Waals surface area contributed by atoms with Gasteiger partial charge in [-0.05, 0) is 41.8 Å². The first-order chi connectivity index (χ1) is 14.3. The van der Waals surface area contributed by atoms with E-state index in [1.54, 1.807) is 42.5 Å². The van der Waals surface area contributed by atoms with E-state index in [9.17, 15) is 14.4 Å². The minimum Gasteiger partial charge on any atom is -0.268 e. The normalized spacial score (nSPS) is 13.3. The van der Waals surface area contributed by atoms with E-state index < -0.39 is 11.8 Å². The number of carbonyl (C=O) groups is 2. The van der Waals surface area contributed by atoms with E-state index in [4.69, 9.17) is 23.2 Å². The highest BCUT2D eigenvalue weighted by atomic mass is 35.5. The van der Waals surface area contributed by atoms with Crippen LogP contribution in [0.3, 0.4) is 0 Å². The summed E-state index contributed by atoms with van der Waals surface area (Å²) in [4.78, 5) is 38.4. The van der Waals surface area contributed by atoms with Crippen LogP contribution < -0.4 is 10.5 Å². The molecule has 30 heavy (non-hydrogen) atoms. The Morgan fingerprint density at radius 2 is 1.53 bits per heavy atom. The quantitative estimate of drug-likeness (QED) is 0.599. The Labute approximate surface area is 182 Å². The maximum atomic E-state index is 12.7. The molecule has 0 atom stereocenters. The molecule has 0 saturated carbocycles. The summed E-state index contributed by atoms with van der Waals surface area (Å²) in [5, 5.41) is 7.17. The van der Waals surface area contributed by atoms with Gasteiger partial charge < -0.3 is 0 Å². The number of H-pyrrole nitrogens is 1. The number of nitrogens with one attached hydrogen (secondary N) is 1. The topological polar surface area (TPSA) is 83.1 Å². The molecule has 3 aromatic rings. The molecule has 0 unspecified atom stereocenters. The van der Waals surface area contributed by atoms with Gasteiger partial charge in [-0.1, -0.05) is 49.2 Å². The summed E-state index contributed by atoms with van der Waals surface area (Å²) in [5.74, 6) is -0.795. The van der Waals surface area contributed by atoms with E-state index in [-0.39, 0.29) is 17.9 Å². The number of hydrogen-bond acceptors (Lipinski definition) is 4. The number of carbonyl (C=O) groups excluding carboxylic acids is 2. The van der Waals surface area contributed by atoms with Crippen LogP contribution in [-0.2, 0) is 6.42 Å². The predicted molar refractivity (Wildman–Crippen MR) is 116 cm³/mol. The SMILES string of the molecule is CC(C)c1cc(Cc2c(Cl)cc(N3C(=O)c4ccccc4C3=O)cc2Cl)n[nH]c1=O. The van der Waals surface area contributed by atoms with Crippen LogP contribution in [0.2, 0.25) is 10.0 Å². The standard InChI is InChI=1S/C22H17Cl2N3O3/c1-11(2)16-7-12(25-26-20(16)28)8-17-18(23)9-13(10-19(17)24)27-21(29)14-5-3-4-6-15(14)22(27)30/h3-7,9-11H,8H2,1-2H3,(H,26,28). The number of fused-ring (bicyclic) bond motifs is 1. The number of anilines is 1. The minimum atomic E-state index is -0.417. The van der Waals surface area contributed by atoms with Crippen molar-refractivity contribution in [3.05, 3.63) is 90.8 Å². The van der Waals surface area contributed by atoms with Gasteiger partial charge in [0.2, 0.25) is 0 Å². The maximum Gasteiger partial charge on any atom is 0.267 e. The van der Waals surface area contributed by atoms with Gasteiger partial charge in [0.25, 0.3) is 17.4 Å².